The smallest absolute Gasteiger partial charge is 0.319 e. The summed E-state index contributed by atoms with van der Waals surface area (Å²) >= 11 is 0. The number of anilines is 2. The highest BCUT2D eigenvalue weighted by atomic mass is 19.1. The average molecular weight is 302 g/mol. The van der Waals surface area contributed by atoms with E-state index in [0.29, 0.717) is 11.4 Å². The molecule has 0 bridgehead atoms. The molecule has 0 aliphatic heterocycles. The molecular weight excluding hydrogens is 287 g/mol. The van der Waals surface area contributed by atoms with Crippen LogP contribution in [0.2, 0.25) is 0 Å². The molecule has 0 saturated carbocycles. The molecule has 1 aromatic heterocycles. The molecule has 0 radical (unpaired) electrons. The molecule has 6 nitrogen and oxygen atoms in total. The molecule has 1 aromatic carbocycles. The van der Waals surface area contributed by atoms with Crippen LogP contribution in [0.3, 0.4) is 0 Å². The Morgan fingerprint density at radius 2 is 1.59 bits per heavy atom. The first-order chi connectivity index (χ1) is 10.6. The average Bonchev–Trinajstić information content (AvgIpc) is 2.50. The van der Waals surface area contributed by atoms with E-state index in [0.717, 1.165) is 0 Å². The van der Waals surface area contributed by atoms with E-state index >= 15 is 0 Å². The Morgan fingerprint density at radius 1 is 0.955 bits per heavy atom. The number of nitrogens with one attached hydrogen (secondary N) is 3. The van der Waals surface area contributed by atoms with Gasteiger partial charge in [0.05, 0.1) is 0 Å². The minimum absolute atomic E-state index is 0.138. The first-order valence-corrected chi connectivity index (χ1v) is 6.64. The summed E-state index contributed by atoms with van der Waals surface area (Å²) in [6.45, 7) is 0.184. The number of carbonyl (C=O) groups excluding carboxylic acids is 2. The largest absolute Gasteiger partial charge is 0.337 e. The SMILES string of the molecule is O=C(CCNC(=O)Nc1ccc(F)cc1)Nc1ccncc1. The van der Waals surface area contributed by atoms with Gasteiger partial charge in [0.25, 0.3) is 0 Å². The number of nitrogens with zero attached hydrogens (tertiary/aromatic N) is 1. The number of rotatable bonds is 5. The summed E-state index contributed by atoms with van der Waals surface area (Å²) in [5.74, 6) is -0.591. The lowest BCUT2D eigenvalue weighted by molar-refractivity contribution is -0.116. The Balaban J connectivity index is 1.68. The molecule has 0 atom stereocenters. The van der Waals surface area contributed by atoms with Gasteiger partial charge in [0, 0.05) is 36.7 Å². The lowest BCUT2D eigenvalue weighted by atomic mass is 10.3. The van der Waals surface area contributed by atoms with Crippen LogP contribution in [-0.4, -0.2) is 23.5 Å². The molecule has 0 fully saturated rings. The Labute approximate surface area is 126 Å². The number of halogens is 1. The van der Waals surface area contributed by atoms with Crippen LogP contribution in [0.4, 0.5) is 20.6 Å². The standard InChI is InChI=1S/C15H15FN4O2/c16-11-1-3-12(4-2-11)20-15(22)18-10-7-14(21)19-13-5-8-17-9-6-13/h1-6,8-9H,7,10H2,(H,17,19,21)(H2,18,20,22). The third-order valence-corrected chi connectivity index (χ3v) is 2.70. The number of hydrogen-bond donors (Lipinski definition) is 3. The monoisotopic (exact) mass is 302 g/mol. The zero-order chi connectivity index (χ0) is 15.8. The van der Waals surface area contributed by atoms with Gasteiger partial charge in [0.1, 0.15) is 5.82 Å². The van der Waals surface area contributed by atoms with Gasteiger partial charge >= 0.3 is 6.03 Å². The van der Waals surface area contributed by atoms with Gasteiger partial charge in [-0.3, -0.25) is 9.78 Å². The van der Waals surface area contributed by atoms with E-state index < -0.39 is 6.03 Å². The van der Waals surface area contributed by atoms with E-state index in [-0.39, 0.29) is 24.7 Å². The van der Waals surface area contributed by atoms with Gasteiger partial charge in [-0.2, -0.15) is 0 Å². The van der Waals surface area contributed by atoms with Crippen molar-refractivity contribution in [2.75, 3.05) is 17.2 Å². The third-order valence-electron chi connectivity index (χ3n) is 2.70. The predicted octanol–water partition coefficient (Wildman–Crippen LogP) is 2.37. The van der Waals surface area contributed by atoms with Crippen LogP contribution in [0.15, 0.2) is 48.8 Å². The predicted molar refractivity (Wildman–Crippen MR) is 80.9 cm³/mol. The zero-order valence-electron chi connectivity index (χ0n) is 11.7. The molecule has 0 spiro atoms. The Kier molecular flexibility index (Phi) is 5.42. The number of urea groups is 1. The summed E-state index contributed by atoms with van der Waals surface area (Å²) in [5, 5.41) is 7.76. The molecular formula is C15H15FN4O2. The zero-order valence-corrected chi connectivity index (χ0v) is 11.7. The molecule has 0 aliphatic carbocycles. The van der Waals surface area contributed by atoms with Crippen molar-refractivity contribution < 1.29 is 14.0 Å². The topological polar surface area (TPSA) is 83.1 Å². The van der Waals surface area contributed by atoms with Crippen LogP contribution in [-0.2, 0) is 4.79 Å². The molecule has 3 N–H and O–H groups in total. The van der Waals surface area contributed by atoms with Gasteiger partial charge in [-0.25, -0.2) is 9.18 Å². The van der Waals surface area contributed by atoms with Crippen molar-refractivity contribution >= 4 is 23.3 Å². The highest BCUT2D eigenvalue weighted by molar-refractivity contribution is 5.92. The minimum Gasteiger partial charge on any atom is -0.337 e. The summed E-state index contributed by atoms with van der Waals surface area (Å²) in [6, 6.07) is 8.29. The van der Waals surface area contributed by atoms with Crippen molar-refractivity contribution in [3.8, 4) is 0 Å². The van der Waals surface area contributed by atoms with Crippen LogP contribution in [0.25, 0.3) is 0 Å². The lowest BCUT2D eigenvalue weighted by Crippen LogP contribution is -2.31. The summed E-state index contributed by atoms with van der Waals surface area (Å²) in [5.41, 5.74) is 1.12. The number of benzene rings is 1. The van der Waals surface area contributed by atoms with Gasteiger partial charge in [0.15, 0.2) is 0 Å². The van der Waals surface area contributed by atoms with Crippen LogP contribution >= 0.6 is 0 Å². The van der Waals surface area contributed by atoms with Crippen molar-refractivity contribution in [3.63, 3.8) is 0 Å². The van der Waals surface area contributed by atoms with Crippen LogP contribution in [0.5, 0.6) is 0 Å². The van der Waals surface area contributed by atoms with Crippen LogP contribution in [0, 0.1) is 5.82 Å². The summed E-state index contributed by atoms with van der Waals surface area (Å²) in [6.07, 6.45) is 3.28. The maximum absolute atomic E-state index is 12.7. The number of aromatic nitrogens is 1. The molecule has 22 heavy (non-hydrogen) atoms. The van der Waals surface area contributed by atoms with E-state index in [9.17, 15) is 14.0 Å². The van der Waals surface area contributed by atoms with Gasteiger partial charge < -0.3 is 16.0 Å². The molecule has 1 heterocycles. The number of hydrogen-bond acceptors (Lipinski definition) is 3. The van der Waals surface area contributed by atoms with Crippen molar-refractivity contribution in [2.24, 2.45) is 0 Å². The fraction of sp³-hybridized carbons (Fsp3) is 0.133. The molecule has 114 valence electrons. The van der Waals surface area contributed by atoms with Gasteiger partial charge in [-0.15, -0.1) is 0 Å². The molecule has 0 saturated heterocycles. The minimum atomic E-state index is -0.455. The third kappa shape index (κ3) is 5.20. The summed E-state index contributed by atoms with van der Waals surface area (Å²) < 4.78 is 12.7. The normalized spacial score (nSPS) is 9.86. The fourth-order valence-electron chi connectivity index (χ4n) is 1.66. The van der Waals surface area contributed by atoms with E-state index in [2.05, 4.69) is 20.9 Å². The highest BCUT2D eigenvalue weighted by Crippen LogP contribution is 2.07. The Hall–Kier alpha value is -2.96. The molecule has 7 heteroatoms. The maximum Gasteiger partial charge on any atom is 0.319 e. The Morgan fingerprint density at radius 3 is 2.27 bits per heavy atom. The second-order valence-corrected chi connectivity index (χ2v) is 4.42. The van der Waals surface area contributed by atoms with E-state index in [4.69, 9.17) is 0 Å². The molecule has 2 rings (SSSR count). The Bertz CT molecular complexity index is 632. The quantitative estimate of drug-likeness (QED) is 0.793. The van der Waals surface area contributed by atoms with Crippen molar-refractivity contribution in [1.82, 2.24) is 10.3 Å². The van der Waals surface area contributed by atoms with Crippen molar-refractivity contribution in [1.29, 1.82) is 0 Å². The maximum atomic E-state index is 12.7. The van der Waals surface area contributed by atoms with Crippen LogP contribution in [0.1, 0.15) is 6.42 Å². The van der Waals surface area contributed by atoms with Gasteiger partial charge in [-0.05, 0) is 36.4 Å². The first kappa shape index (κ1) is 15.4. The number of carbonyl (C=O) groups is 2. The van der Waals surface area contributed by atoms with E-state index in [1.807, 2.05) is 0 Å². The second-order valence-electron chi connectivity index (χ2n) is 4.42. The van der Waals surface area contributed by atoms with E-state index in [1.54, 1.807) is 24.5 Å². The lowest BCUT2D eigenvalue weighted by Gasteiger charge is -2.08. The van der Waals surface area contributed by atoms with Crippen molar-refractivity contribution in [3.05, 3.63) is 54.6 Å². The summed E-state index contributed by atoms with van der Waals surface area (Å²) in [7, 11) is 0. The highest BCUT2D eigenvalue weighted by Gasteiger charge is 2.05. The number of pyridine rings is 1. The molecule has 0 aliphatic rings. The second kappa shape index (κ2) is 7.72. The van der Waals surface area contributed by atoms with E-state index in [1.165, 1.54) is 24.3 Å². The molecule has 2 aromatic rings. The van der Waals surface area contributed by atoms with Gasteiger partial charge in [-0.1, -0.05) is 0 Å². The summed E-state index contributed by atoms with van der Waals surface area (Å²) in [4.78, 5) is 27.1. The fourth-order valence-corrected chi connectivity index (χ4v) is 1.66. The van der Waals surface area contributed by atoms with Crippen molar-refractivity contribution in [2.45, 2.75) is 6.42 Å². The van der Waals surface area contributed by atoms with Gasteiger partial charge in [0.2, 0.25) is 5.91 Å². The number of amides is 3. The first-order valence-electron chi connectivity index (χ1n) is 6.64. The molecule has 3 amide bonds. The molecule has 0 unspecified atom stereocenters. The van der Waals surface area contributed by atoms with Crippen LogP contribution < -0.4 is 16.0 Å².